The van der Waals surface area contributed by atoms with Crippen LogP contribution in [0.25, 0.3) is 0 Å². The molecular formula is C7H9O2. The van der Waals surface area contributed by atoms with E-state index in [9.17, 15) is 0 Å². The lowest BCUT2D eigenvalue weighted by Gasteiger charge is -1.99. The predicted octanol–water partition coefficient (Wildman–Crippen LogP) is 1.61. The van der Waals surface area contributed by atoms with Gasteiger partial charge in [0.25, 0.3) is 0 Å². The van der Waals surface area contributed by atoms with Crippen molar-refractivity contribution in [1.82, 2.24) is 0 Å². The maximum absolute atomic E-state index is 5.01. The fraction of sp³-hybridized carbons (Fsp3) is 0.286. The zero-order valence-electron chi connectivity index (χ0n) is 5.39. The summed E-state index contributed by atoms with van der Waals surface area (Å²) in [6.07, 6.45) is 3.45. The van der Waals surface area contributed by atoms with Crippen LogP contribution in [0, 0.1) is 6.42 Å². The minimum Gasteiger partial charge on any atom is -0.461 e. The largest absolute Gasteiger partial charge is 0.461 e. The summed E-state index contributed by atoms with van der Waals surface area (Å²) in [4.78, 5) is 0. The van der Waals surface area contributed by atoms with Crippen LogP contribution in [0.3, 0.4) is 0 Å². The molecule has 0 saturated carbocycles. The highest BCUT2D eigenvalue weighted by molar-refractivity contribution is 5.28. The van der Waals surface area contributed by atoms with Crippen LogP contribution in [-0.2, 0) is 9.47 Å². The quantitative estimate of drug-likeness (QED) is 0.558. The van der Waals surface area contributed by atoms with E-state index in [1.54, 1.807) is 6.26 Å². The smallest absolute Gasteiger partial charge is 0.230 e. The second-order valence-corrected chi connectivity index (χ2v) is 1.72. The molecule has 49 valence electrons. The second kappa shape index (κ2) is 2.58. The van der Waals surface area contributed by atoms with Crippen molar-refractivity contribution < 1.29 is 9.47 Å². The van der Waals surface area contributed by atoms with E-state index in [-0.39, 0.29) is 0 Å². The van der Waals surface area contributed by atoms with E-state index in [1.807, 2.05) is 13.3 Å². The summed E-state index contributed by atoms with van der Waals surface area (Å²) in [6.45, 7) is 5.96. The molecule has 0 unspecified atom stereocenters. The van der Waals surface area contributed by atoms with Gasteiger partial charge in [0.05, 0.1) is 0 Å². The van der Waals surface area contributed by atoms with E-state index in [2.05, 4.69) is 6.58 Å². The van der Waals surface area contributed by atoms with Gasteiger partial charge in [-0.2, -0.15) is 0 Å². The summed E-state index contributed by atoms with van der Waals surface area (Å²) in [7, 11) is 0. The van der Waals surface area contributed by atoms with Crippen LogP contribution in [-0.4, -0.2) is 6.79 Å². The molecule has 2 nitrogen and oxygen atoms in total. The van der Waals surface area contributed by atoms with E-state index >= 15 is 0 Å². The number of ether oxygens (including phenoxy) is 2. The first-order chi connectivity index (χ1) is 4.34. The highest BCUT2D eigenvalue weighted by Gasteiger charge is 2.07. The van der Waals surface area contributed by atoms with Gasteiger partial charge in [0, 0.05) is 0 Å². The molecule has 1 aliphatic rings. The molecule has 9 heavy (non-hydrogen) atoms. The van der Waals surface area contributed by atoms with Gasteiger partial charge in [0.15, 0.2) is 5.76 Å². The Morgan fingerprint density at radius 3 is 3.11 bits per heavy atom. The Morgan fingerprint density at radius 2 is 2.67 bits per heavy atom. The van der Waals surface area contributed by atoms with E-state index in [4.69, 9.17) is 9.47 Å². The molecule has 0 saturated heterocycles. The third-order valence-electron chi connectivity index (χ3n) is 1.14. The number of allylic oxidation sites excluding steroid dienone is 1. The molecule has 0 aliphatic carbocycles. The summed E-state index contributed by atoms with van der Waals surface area (Å²) in [5, 5.41) is 0. The van der Waals surface area contributed by atoms with Crippen LogP contribution in [0.2, 0.25) is 0 Å². The van der Waals surface area contributed by atoms with Crippen LogP contribution in [0.5, 0.6) is 0 Å². The predicted molar refractivity (Wildman–Crippen MR) is 34.2 cm³/mol. The summed E-state index contributed by atoms with van der Waals surface area (Å²) < 4.78 is 9.83. The van der Waals surface area contributed by atoms with Gasteiger partial charge in [0.2, 0.25) is 6.79 Å². The number of rotatable bonds is 2. The van der Waals surface area contributed by atoms with Gasteiger partial charge in [0.1, 0.15) is 6.26 Å². The van der Waals surface area contributed by atoms with E-state index in [1.165, 1.54) is 0 Å². The molecule has 0 aromatic carbocycles. The lowest BCUT2D eigenvalue weighted by Crippen LogP contribution is -1.88. The monoisotopic (exact) mass is 125 g/mol. The van der Waals surface area contributed by atoms with Gasteiger partial charge in [-0.05, 0) is 12.0 Å². The zero-order chi connectivity index (χ0) is 6.69. The summed E-state index contributed by atoms with van der Waals surface area (Å²) in [5.41, 5.74) is 0.868. The maximum Gasteiger partial charge on any atom is 0.230 e. The molecule has 0 bridgehead atoms. The fourth-order valence-electron chi connectivity index (χ4n) is 0.552. The molecule has 0 aromatic rings. The van der Waals surface area contributed by atoms with Crippen LogP contribution >= 0.6 is 0 Å². The van der Waals surface area contributed by atoms with Crippen molar-refractivity contribution in [1.29, 1.82) is 0 Å². The zero-order valence-corrected chi connectivity index (χ0v) is 5.39. The SMILES string of the molecule is C=C([CH]C)C1=COCO1. The Morgan fingerprint density at radius 1 is 1.89 bits per heavy atom. The Labute approximate surface area is 54.8 Å². The molecule has 1 radical (unpaired) electrons. The fourth-order valence-corrected chi connectivity index (χ4v) is 0.552. The van der Waals surface area contributed by atoms with E-state index in [0.717, 1.165) is 11.3 Å². The van der Waals surface area contributed by atoms with Gasteiger partial charge >= 0.3 is 0 Å². The van der Waals surface area contributed by atoms with Crippen molar-refractivity contribution in [3.63, 3.8) is 0 Å². The van der Waals surface area contributed by atoms with Gasteiger partial charge in [-0.3, -0.25) is 0 Å². The molecule has 0 amide bonds. The van der Waals surface area contributed by atoms with Crippen molar-refractivity contribution in [3.8, 4) is 0 Å². The van der Waals surface area contributed by atoms with Gasteiger partial charge in [-0.25, -0.2) is 0 Å². The first-order valence-electron chi connectivity index (χ1n) is 2.78. The van der Waals surface area contributed by atoms with Gasteiger partial charge < -0.3 is 9.47 Å². The lowest BCUT2D eigenvalue weighted by molar-refractivity contribution is 0.0834. The molecule has 0 aromatic heterocycles. The third-order valence-corrected chi connectivity index (χ3v) is 1.14. The molecule has 0 atom stereocenters. The normalized spacial score (nSPS) is 15.9. The molecule has 0 fully saturated rings. The van der Waals surface area contributed by atoms with Crippen molar-refractivity contribution in [3.05, 3.63) is 30.6 Å². The van der Waals surface area contributed by atoms with Crippen LogP contribution in [0.15, 0.2) is 24.2 Å². The van der Waals surface area contributed by atoms with Crippen molar-refractivity contribution in [2.75, 3.05) is 6.79 Å². The van der Waals surface area contributed by atoms with E-state index < -0.39 is 0 Å². The minimum absolute atomic E-state index is 0.322. The summed E-state index contributed by atoms with van der Waals surface area (Å²) in [6, 6.07) is 0. The van der Waals surface area contributed by atoms with Crippen LogP contribution in [0.1, 0.15) is 6.92 Å². The van der Waals surface area contributed by atoms with Crippen LogP contribution < -0.4 is 0 Å². The Hall–Kier alpha value is -0.920. The first-order valence-corrected chi connectivity index (χ1v) is 2.78. The molecule has 0 N–H and O–H groups in total. The molecular weight excluding hydrogens is 116 g/mol. The average Bonchev–Trinajstić information content (AvgIpc) is 2.37. The van der Waals surface area contributed by atoms with Crippen LogP contribution in [0.4, 0.5) is 0 Å². The molecule has 1 aliphatic heterocycles. The number of hydrogen-bond donors (Lipinski definition) is 0. The molecule has 1 heterocycles. The summed E-state index contributed by atoms with van der Waals surface area (Å²) in [5.74, 6) is 0.734. The second-order valence-electron chi connectivity index (χ2n) is 1.72. The molecule has 1 rings (SSSR count). The Kier molecular flexibility index (Phi) is 1.78. The van der Waals surface area contributed by atoms with Crippen molar-refractivity contribution in [2.45, 2.75) is 6.92 Å². The minimum atomic E-state index is 0.322. The topological polar surface area (TPSA) is 18.5 Å². The standard InChI is InChI=1S/C7H9O2/c1-3-6(2)7-4-8-5-9-7/h3-4H,2,5H2,1H3. The maximum atomic E-state index is 5.01. The van der Waals surface area contributed by atoms with Gasteiger partial charge in [-0.15, -0.1) is 0 Å². The Balaban J connectivity index is 2.51. The Bertz CT molecular complexity index is 147. The molecule has 0 spiro atoms. The average molecular weight is 125 g/mol. The molecule has 2 heteroatoms. The highest BCUT2D eigenvalue weighted by atomic mass is 16.7. The van der Waals surface area contributed by atoms with Gasteiger partial charge in [-0.1, -0.05) is 13.5 Å². The highest BCUT2D eigenvalue weighted by Crippen LogP contribution is 2.16. The summed E-state index contributed by atoms with van der Waals surface area (Å²) >= 11 is 0. The number of hydrogen-bond acceptors (Lipinski definition) is 2. The lowest BCUT2D eigenvalue weighted by atomic mass is 10.2. The third kappa shape index (κ3) is 1.25. The van der Waals surface area contributed by atoms with Crippen molar-refractivity contribution >= 4 is 0 Å². The first kappa shape index (κ1) is 6.20. The van der Waals surface area contributed by atoms with Crippen molar-refractivity contribution in [2.24, 2.45) is 0 Å². The van der Waals surface area contributed by atoms with E-state index in [0.29, 0.717) is 6.79 Å².